The fourth-order valence-electron chi connectivity index (χ4n) is 1.87. The first-order valence-electron chi connectivity index (χ1n) is 6.03. The van der Waals surface area contributed by atoms with Crippen LogP contribution in [0.4, 0.5) is 4.79 Å². The molecule has 1 saturated heterocycles. The number of imidazole rings is 1. The maximum absolute atomic E-state index is 11.5. The number of carboxylic acid groups (broad SMARTS) is 1. The number of carboxylic acids is 1. The molecule has 1 aromatic heterocycles. The second-order valence-electron chi connectivity index (χ2n) is 4.26. The molecule has 0 spiro atoms. The fraction of sp³-hybridized carbons (Fsp3) is 0.545. The SMILES string of the molecule is O=C(NCc1ncc[nH]1)NCC1CCC(C(=O)O)O1. The van der Waals surface area contributed by atoms with Crippen LogP contribution in [0.15, 0.2) is 12.4 Å². The van der Waals surface area contributed by atoms with E-state index in [9.17, 15) is 9.59 Å². The maximum atomic E-state index is 11.5. The van der Waals surface area contributed by atoms with Gasteiger partial charge in [0.1, 0.15) is 5.82 Å². The van der Waals surface area contributed by atoms with Crippen LogP contribution in [0.1, 0.15) is 18.7 Å². The number of nitrogens with zero attached hydrogens (tertiary/aromatic N) is 1. The monoisotopic (exact) mass is 268 g/mol. The third kappa shape index (κ3) is 3.95. The van der Waals surface area contributed by atoms with E-state index in [-0.39, 0.29) is 12.1 Å². The number of aromatic nitrogens is 2. The van der Waals surface area contributed by atoms with Crippen molar-refractivity contribution in [2.75, 3.05) is 6.54 Å². The van der Waals surface area contributed by atoms with Crippen LogP contribution in [-0.4, -0.2) is 45.8 Å². The van der Waals surface area contributed by atoms with Crippen LogP contribution in [0.5, 0.6) is 0 Å². The average molecular weight is 268 g/mol. The Morgan fingerprint density at radius 2 is 2.32 bits per heavy atom. The van der Waals surface area contributed by atoms with Crippen LogP contribution in [0.25, 0.3) is 0 Å². The number of hydrogen-bond donors (Lipinski definition) is 4. The van der Waals surface area contributed by atoms with Crippen molar-refractivity contribution in [1.29, 1.82) is 0 Å². The maximum Gasteiger partial charge on any atom is 0.332 e. The summed E-state index contributed by atoms with van der Waals surface area (Å²) in [7, 11) is 0. The lowest BCUT2D eigenvalue weighted by Gasteiger charge is -2.12. The summed E-state index contributed by atoms with van der Waals surface area (Å²) in [5.74, 6) is -0.289. The molecular formula is C11H16N4O4. The molecule has 1 aromatic rings. The Morgan fingerprint density at radius 1 is 1.47 bits per heavy atom. The Kier molecular flexibility index (Phi) is 4.35. The summed E-state index contributed by atoms with van der Waals surface area (Å²) in [6, 6.07) is -0.334. The molecule has 2 unspecified atom stereocenters. The Labute approximate surface area is 109 Å². The third-order valence-corrected chi connectivity index (χ3v) is 2.84. The van der Waals surface area contributed by atoms with E-state index in [0.29, 0.717) is 31.8 Å². The number of rotatable bonds is 5. The number of nitrogens with one attached hydrogen (secondary N) is 3. The molecule has 0 aromatic carbocycles. The number of aliphatic carboxylic acids is 1. The second kappa shape index (κ2) is 6.19. The molecule has 0 radical (unpaired) electrons. The van der Waals surface area contributed by atoms with Gasteiger partial charge in [-0.2, -0.15) is 0 Å². The lowest BCUT2D eigenvalue weighted by molar-refractivity contribution is -0.149. The first-order valence-corrected chi connectivity index (χ1v) is 6.03. The number of hydrogen-bond acceptors (Lipinski definition) is 4. The predicted octanol–water partition coefficient (Wildman–Crippen LogP) is -0.159. The van der Waals surface area contributed by atoms with Crippen molar-refractivity contribution in [2.24, 2.45) is 0 Å². The first kappa shape index (κ1) is 13.3. The van der Waals surface area contributed by atoms with Gasteiger partial charge in [-0.05, 0) is 12.8 Å². The number of H-pyrrole nitrogens is 1. The van der Waals surface area contributed by atoms with Crippen LogP contribution < -0.4 is 10.6 Å². The van der Waals surface area contributed by atoms with Crippen molar-refractivity contribution in [3.63, 3.8) is 0 Å². The predicted molar refractivity (Wildman–Crippen MR) is 64.4 cm³/mol. The van der Waals surface area contributed by atoms with Crippen molar-refractivity contribution in [2.45, 2.75) is 31.6 Å². The molecule has 0 aliphatic carbocycles. The molecule has 104 valence electrons. The molecular weight excluding hydrogens is 252 g/mol. The van der Waals surface area contributed by atoms with E-state index < -0.39 is 12.1 Å². The fourth-order valence-corrected chi connectivity index (χ4v) is 1.87. The standard InChI is InChI=1S/C11H16N4O4/c16-10(17)8-2-1-7(19-8)5-14-11(18)15-6-9-12-3-4-13-9/h3-4,7-8H,1-2,5-6H2,(H,12,13)(H,16,17)(H2,14,15,18). The summed E-state index contributed by atoms with van der Waals surface area (Å²) >= 11 is 0. The lowest BCUT2D eigenvalue weighted by atomic mass is 10.2. The zero-order chi connectivity index (χ0) is 13.7. The number of urea groups is 1. The summed E-state index contributed by atoms with van der Waals surface area (Å²) in [4.78, 5) is 29.0. The van der Waals surface area contributed by atoms with E-state index in [0.717, 1.165) is 0 Å². The lowest BCUT2D eigenvalue weighted by Crippen LogP contribution is -2.39. The first-order chi connectivity index (χ1) is 9.15. The van der Waals surface area contributed by atoms with Crippen molar-refractivity contribution in [3.8, 4) is 0 Å². The molecule has 0 bridgehead atoms. The van der Waals surface area contributed by atoms with E-state index in [4.69, 9.17) is 9.84 Å². The highest BCUT2D eigenvalue weighted by atomic mass is 16.5. The minimum Gasteiger partial charge on any atom is -0.479 e. The molecule has 8 nitrogen and oxygen atoms in total. The van der Waals surface area contributed by atoms with E-state index >= 15 is 0 Å². The van der Waals surface area contributed by atoms with Gasteiger partial charge < -0.3 is 25.5 Å². The molecule has 0 saturated carbocycles. The van der Waals surface area contributed by atoms with E-state index in [2.05, 4.69) is 20.6 Å². The van der Waals surface area contributed by atoms with Gasteiger partial charge in [0.25, 0.3) is 0 Å². The Balaban J connectivity index is 1.63. The highest BCUT2D eigenvalue weighted by molar-refractivity contribution is 5.74. The second-order valence-corrected chi connectivity index (χ2v) is 4.26. The molecule has 19 heavy (non-hydrogen) atoms. The molecule has 2 heterocycles. The Bertz CT molecular complexity index is 434. The zero-order valence-corrected chi connectivity index (χ0v) is 10.3. The van der Waals surface area contributed by atoms with Crippen molar-refractivity contribution < 1.29 is 19.4 Å². The van der Waals surface area contributed by atoms with Gasteiger partial charge in [-0.15, -0.1) is 0 Å². The molecule has 4 N–H and O–H groups in total. The van der Waals surface area contributed by atoms with Gasteiger partial charge in [0.2, 0.25) is 0 Å². The van der Waals surface area contributed by atoms with E-state index in [1.807, 2.05) is 0 Å². The molecule has 1 aliphatic rings. The normalized spacial score (nSPS) is 22.1. The Morgan fingerprint density at radius 3 is 2.95 bits per heavy atom. The van der Waals surface area contributed by atoms with Crippen LogP contribution in [0, 0.1) is 0 Å². The number of aromatic amines is 1. The van der Waals surface area contributed by atoms with Crippen molar-refractivity contribution in [1.82, 2.24) is 20.6 Å². The Hall–Kier alpha value is -2.09. The van der Waals surface area contributed by atoms with Gasteiger partial charge in [-0.1, -0.05) is 0 Å². The van der Waals surface area contributed by atoms with Crippen LogP contribution in [0.2, 0.25) is 0 Å². The molecule has 1 fully saturated rings. The number of ether oxygens (including phenoxy) is 1. The summed E-state index contributed by atoms with van der Waals surface area (Å²) < 4.78 is 5.26. The highest BCUT2D eigenvalue weighted by Crippen LogP contribution is 2.18. The number of carbonyl (C=O) groups is 2. The van der Waals surface area contributed by atoms with Crippen molar-refractivity contribution >= 4 is 12.0 Å². The zero-order valence-electron chi connectivity index (χ0n) is 10.3. The highest BCUT2D eigenvalue weighted by Gasteiger charge is 2.30. The van der Waals surface area contributed by atoms with Gasteiger partial charge in [0.05, 0.1) is 12.6 Å². The van der Waals surface area contributed by atoms with E-state index in [1.165, 1.54) is 0 Å². The number of carbonyl (C=O) groups excluding carboxylic acids is 1. The van der Waals surface area contributed by atoms with Crippen LogP contribution in [0.3, 0.4) is 0 Å². The summed E-state index contributed by atoms with van der Waals surface area (Å²) in [5, 5.41) is 14.0. The molecule has 2 amide bonds. The quantitative estimate of drug-likeness (QED) is 0.592. The minimum atomic E-state index is -0.954. The molecule has 2 atom stereocenters. The average Bonchev–Trinajstić information content (AvgIpc) is 3.05. The van der Waals surface area contributed by atoms with Gasteiger partial charge in [-0.3, -0.25) is 0 Å². The van der Waals surface area contributed by atoms with Gasteiger partial charge in [0, 0.05) is 18.9 Å². The van der Waals surface area contributed by atoms with Gasteiger partial charge in [0.15, 0.2) is 6.10 Å². The smallest absolute Gasteiger partial charge is 0.332 e. The van der Waals surface area contributed by atoms with Gasteiger partial charge in [-0.25, -0.2) is 14.6 Å². The van der Waals surface area contributed by atoms with Gasteiger partial charge >= 0.3 is 12.0 Å². The summed E-state index contributed by atoms with van der Waals surface area (Å²) in [5.41, 5.74) is 0. The van der Waals surface area contributed by atoms with E-state index in [1.54, 1.807) is 12.4 Å². The summed E-state index contributed by atoms with van der Waals surface area (Å²) in [6.07, 6.45) is 3.40. The molecule has 1 aliphatic heterocycles. The van der Waals surface area contributed by atoms with Crippen LogP contribution >= 0.6 is 0 Å². The van der Waals surface area contributed by atoms with Crippen molar-refractivity contribution in [3.05, 3.63) is 18.2 Å². The van der Waals surface area contributed by atoms with Crippen LogP contribution in [-0.2, 0) is 16.1 Å². The summed E-state index contributed by atoms with van der Waals surface area (Å²) in [6.45, 7) is 0.607. The third-order valence-electron chi connectivity index (χ3n) is 2.84. The molecule has 2 rings (SSSR count). The number of amides is 2. The minimum absolute atomic E-state index is 0.240. The molecule has 8 heteroatoms. The topological polar surface area (TPSA) is 116 Å². The largest absolute Gasteiger partial charge is 0.479 e.